The van der Waals surface area contributed by atoms with Crippen molar-refractivity contribution in [2.24, 2.45) is 5.10 Å². The maximum absolute atomic E-state index is 12.8. The number of rotatable bonds is 8. The zero-order valence-electron chi connectivity index (χ0n) is 19.7. The topological polar surface area (TPSA) is 107 Å². The van der Waals surface area contributed by atoms with E-state index in [0.29, 0.717) is 34.7 Å². The summed E-state index contributed by atoms with van der Waals surface area (Å²) in [5, 5.41) is 15.9. The monoisotopic (exact) mass is 471 g/mol. The first-order chi connectivity index (χ1) is 16.8. The van der Waals surface area contributed by atoms with E-state index >= 15 is 0 Å². The van der Waals surface area contributed by atoms with E-state index in [0.717, 1.165) is 22.1 Å². The number of nitrogens with one attached hydrogen (secondary N) is 1. The van der Waals surface area contributed by atoms with Gasteiger partial charge in [0.1, 0.15) is 17.9 Å². The van der Waals surface area contributed by atoms with Gasteiger partial charge in [0.25, 0.3) is 5.69 Å². The third kappa shape index (κ3) is 5.38. The van der Waals surface area contributed by atoms with E-state index in [4.69, 9.17) is 9.15 Å². The van der Waals surface area contributed by atoms with Gasteiger partial charge >= 0.3 is 5.63 Å². The Bertz CT molecular complexity index is 1460. The van der Waals surface area contributed by atoms with Crippen molar-refractivity contribution < 1.29 is 14.1 Å². The third-order valence-electron chi connectivity index (χ3n) is 5.77. The predicted molar refractivity (Wildman–Crippen MR) is 137 cm³/mol. The summed E-state index contributed by atoms with van der Waals surface area (Å²) in [6.45, 7) is 5.81. The van der Waals surface area contributed by atoms with Crippen LogP contribution < -0.4 is 15.8 Å². The molecule has 0 saturated carbocycles. The zero-order chi connectivity index (χ0) is 24.9. The second-order valence-electron chi connectivity index (χ2n) is 8.27. The lowest BCUT2D eigenvalue weighted by atomic mass is 9.98. The molecule has 178 valence electrons. The van der Waals surface area contributed by atoms with Gasteiger partial charge in [0.05, 0.1) is 16.3 Å². The highest BCUT2D eigenvalue weighted by atomic mass is 16.6. The molecule has 0 aliphatic heterocycles. The minimum Gasteiger partial charge on any atom is -0.487 e. The van der Waals surface area contributed by atoms with Crippen LogP contribution >= 0.6 is 0 Å². The third-order valence-corrected chi connectivity index (χ3v) is 5.77. The second kappa shape index (κ2) is 10.2. The Morgan fingerprint density at radius 2 is 1.74 bits per heavy atom. The van der Waals surface area contributed by atoms with Crippen molar-refractivity contribution in [3.63, 3.8) is 0 Å². The van der Waals surface area contributed by atoms with Crippen LogP contribution in [0.2, 0.25) is 0 Å². The lowest BCUT2D eigenvalue weighted by molar-refractivity contribution is -0.384. The Balaban J connectivity index is 1.49. The number of hydrogen-bond donors (Lipinski definition) is 1. The number of aryl methyl sites for hydroxylation is 2. The number of anilines is 1. The standard InChI is InChI=1S/C27H25N3O5/c1-17(28-29-21-9-11-22(12-10-21)30(32)33)16-34-25-14-13-23-18(2)24(15-20-7-5-4-6-8-20)27(31)35-26(23)19(25)3/h4-14,29H,15-16H2,1-3H3/b28-17+. The van der Waals surface area contributed by atoms with Crippen molar-refractivity contribution in [3.8, 4) is 5.75 Å². The zero-order valence-corrected chi connectivity index (χ0v) is 19.7. The largest absolute Gasteiger partial charge is 0.487 e. The summed E-state index contributed by atoms with van der Waals surface area (Å²) in [5.74, 6) is 0.598. The molecule has 1 heterocycles. The Labute approximate surface area is 202 Å². The van der Waals surface area contributed by atoms with Crippen molar-refractivity contribution in [2.75, 3.05) is 12.0 Å². The molecule has 1 N–H and O–H groups in total. The Morgan fingerprint density at radius 1 is 1.03 bits per heavy atom. The molecule has 0 unspecified atom stereocenters. The lowest BCUT2D eigenvalue weighted by Crippen LogP contribution is -2.13. The molecule has 8 heteroatoms. The van der Waals surface area contributed by atoms with Gasteiger partial charge in [-0.05, 0) is 56.2 Å². The Kier molecular flexibility index (Phi) is 6.91. The molecule has 4 rings (SSSR count). The van der Waals surface area contributed by atoms with Gasteiger partial charge in [0.15, 0.2) is 0 Å². The number of benzene rings is 3. The van der Waals surface area contributed by atoms with E-state index in [-0.39, 0.29) is 17.9 Å². The molecule has 0 fully saturated rings. The first-order valence-corrected chi connectivity index (χ1v) is 11.1. The first-order valence-electron chi connectivity index (χ1n) is 11.1. The van der Waals surface area contributed by atoms with Gasteiger partial charge in [0, 0.05) is 35.1 Å². The smallest absolute Gasteiger partial charge is 0.340 e. The molecule has 0 aliphatic carbocycles. The minimum atomic E-state index is -0.453. The average molecular weight is 472 g/mol. The van der Waals surface area contributed by atoms with Gasteiger partial charge in [-0.2, -0.15) is 5.10 Å². The molecule has 0 atom stereocenters. The summed E-state index contributed by atoms with van der Waals surface area (Å²) in [6, 6.07) is 19.6. The molecule has 0 spiro atoms. The van der Waals surface area contributed by atoms with Crippen molar-refractivity contribution in [1.29, 1.82) is 0 Å². The fourth-order valence-corrected chi connectivity index (χ4v) is 3.76. The normalized spacial score (nSPS) is 11.5. The lowest BCUT2D eigenvalue weighted by Gasteiger charge is -2.13. The van der Waals surface area contributed by atoms with Crippen molar-refractivity contribution >= 4 is 28.1 Å². The molecule has 8 nitrogen and oxygen atoms in total. The van der Waals surface area contributed by atoms with Crippen LogP contribution in [0.3, 0.4) is 0 Å². The van der Waals surface area contributed by atoms with Crippen LogP contribution in [-0.4, -0.2) is 17.2 Å². The highest BCUT2D eigenvalue weighted by molar-refractivity contribution is 5.87. The fraction of sp³-hybridized carbons (Fsp3) is 0.185. The van der Waals surface area contributed by atoms with Gasteiger partial charge in [-0.1, -0.05) is 30.3 Å². The van der Waals surface area contributed by atoms with Crippen molar-refractivity contribution in [3.05, 3.63) is 110 Å². The van der Waals surface area contributed by atoms with E-state index in [1.54, 1.807) is 19.1 Å². The highest BCUT2D eigenvalue weighted by Gasteiger charge is 2.16. The number of nitro benzene ring substituents is 1. The summed E-state index contributed by atoms with van der Waals surface area (Å²) in [4.78, 5) is 23.1. The van der Waals surface area contributed by atoms with E-state index in [9.17, 15) is 14.9 Å². The van der Waals surface area contributed by atoms with Crippen molar-refractivity contribution in [2.45, 2.75) is 27.2 Å². The van der Waals surface area contributed by atoms with E-state index in [1.807, 2.05) is 56.3 Å². The van der Waals surface area contributed by atoms with Gasteiger partial charge in [-0.3, -0.25) is 15.5 Å². The van der Waals surface area contributed by atoms with Gasteiger partial charge in [0.2, 0.25) is 0 Å². The van der Waals surface area contributed by atoms with Crippen LogP contribution in [0, 0.1) is 24.0 Å². The molecule has 35 heavy (non-hydrogen) atoms. The van der Waals surface area contributed by atoms with Gasteiger partial charge in [-0.25, -0.2) is 4.79 Å². The summed E-state index contributed by atoms with van der Waals surface area (Å²) in [5.41, 5.74) is 7.68. The van der Waals surface area contributed by atoms with Crippen molar-refractivity contribution in [1.82, 2.24) is 0 Å². The fourth-order valence-electron chi connectivity index (χ4n) is 3.76. The number of ether oxygens (including phenoxy) is 1. The van der Waals surface area contributed by atoms with Crippen LogP contribution in [0.5, 0.6) is 5.75 Å². The summed E-state index contributed by atoms with van der Waals surface area (Å²) in [6.07, 6.45) is 0.514. The molecular formula is C27H25N3O5. The number of nitrogens with zero attached hydrogens (tertiary/aromatic N) is 2. The molecule has 0 amide bonds. The summed E-state index contributed by atoms with van der Waals surface area (Å²) >= 11 is 0. The molecule has 1 aromatic heterocycles. The molecular weight excluding hydrogens is 446 g/mol. The quantitative estimate of drug-likeness (QED) is 0.151. The maximum Gasteiger partial charge on any atom is 0.340 e. The van der Waals surface area contributed by atoms with Crippen LogP contribution in [0.4, 0.5) is 11.4 Å². The number of non-ortho nitro benzene ring substituents is 1. The van der Waals surface area contributed by atoms with Crippen LogP contribution in [-0.2, 0) is 6.42 Å². The van der Waals surface area contributed by atoms with E-state index in [1.165, 1.54) is 12.1 Å². The number of nitro groups is 1. The number of hydrazone groups is 1. The molecule has 0 radical (unpaired) electrons. The summed E-state index contributed by atoms with van der Waals surface area (Å²) in [7, 11) is 0. The van der Waals surface area contributed by atoms with Crippen LogP contribution in [0.1, 0.15) is 29.2 Å². The van der Waals surface area contributed by atoms with Gasteiger partial charge < -0.3 is 9.15 Å². The number of fused-ring (bicyclic) bond motifs is 1. The second-order valence-corrected chi connectivity index (χ2v) is 8.27. The average Bonchev–Trinajstić information content (AvgIpc) is 2.86. The SMILES string of the molecule is C/C(COc1ccc2c(C)c(Cc3ccccc3)c(=O)oc2c1C)=N\Nc1ccc([N+](=O)[O-])cc1. The Hall–Kier alpha value is -4.46. The van der Waals surface area contributed by atoms with Gasteiger partial charge in [-0.15, -0.1) is 0 Å². The molecule has 3 aromatic carbocycles. The van der Waals surface area contributed by atoms with E-state index in [2.05, 4.69) is 10.5 Å². The predicted octanol–water partition coefficient (Wildman–Crippen LogP) is 5.78. The first kappa shape index (κ1) is 23.7. The summed E-state index contributed by atoms with van der Waals surface area (Å²) < 4.78 is 11.7. The minimum absolute atomic E-state index is 0.0143. The Morgan fingerprint density at radius 3 is 2.43 bits per heavy atom. The number of hydrogen-bond acceptors (Lipinski definition) is 7. The highest BCUT2D eigenvalue weighted by Crippen LogP contribution is 2.30. The molecule has 0 bridgehead atoms. The molecule has 0 aliphatic rings. The maximum atomic E-state index is 12.8. The van der Waals surface area contributed by atoms with Crippen LogP contribution in [0.25, 0.3) is 11.0 Å². The molecule has 4 aromatic rings. The molecule has 0 saturated heterocycles. The van der Waals surface area contributed by atoms with Crippen LogP contribution in [0.15, 0.2) is 81.0 Å². The van der Waals surface area contributed by atoms with E-state index < -0.39 is 4.92 Å².